The van der Waals surface area contributed by atoms with Gasteiger partial charge in [0.25, 0.3) is 5.91 Å². The maximum absolute atomic E-state index is 12.8. The number of methoxy groups -OCH3 is 1. The highest BCUT2D eigenvalue weighted by Gasteiger charge is 2.20. The van der Waals surface area contributed by atoms with E-state index in [2.05, 4.69) is 10.5 Å². The zero-order chi connectivity index (χ0) is 25.7. The van der Waals surface area contributed by atoms with Gasteiger partial charge in [-0.15, -0.1) is 11.3 Å². The Morgan fingerprint density at radius 1 is 1.00 bits per heavy atom. The molecule has 0 unspecified atom stereocenters. The third kappa shape index (κ3) is 6.09. The molecule has 1 N–H and O–H groups in total. The van der Waals surface area contributed by atoms with Gasteiger partial charge in [-0.1, -0.05) is 53.0 Å². The van der Waals surface area contributed by atoms with Crippen LogP contribution in [-0.2, 0) is 4.79 Å². The molecule has 0 atom stereocenters. The van der Waals surface area contributed by atoms with Crippen molar-refractivity contribution in [3.05, 3.63) is 86.2 Å². The van der Waals surface area contributed by atoms with Crippen LogP contribution >= 0.6 is 46.1 Å². The second-order valence-corrected chi connectivity index (χ2v) is 9.47. The molecule has 3 aromatic carbocycles. The predicted molar refractivity (Wildman–Crippen MR) is 142 cm³/mol. The smallest absolute Gasteiger partial charge is 0.355 e. The number of thiophene rings is 1. The van der Waals surface area contributed by atoms with Crippen LogP contribution in [0.5, 0.6) is 17.2 Å². The largest absolute Gasteiger partial charge is 0.493 e. The van der Waals surface area contributed by atoms with E-state index in [1.807, 2.05) is 24.3 Å². The Bertz CT molecular complexity index is 1470. The molecule has 1 aromatic heterocycles. The normalized spacial score (nSPS) is 11.0. The molecule has 184 valence electrons. The summed E-state index contributed by atoms with van der Waals surface area (Å²) in [6.45, 7) is -0.294. The lowest BCUT2D eigenvalue weighted by Crippen LogP contribution is -2.24. The minimum absolute atomic E-state index is 0.213. The Balaban J connectivity index is 1.37. The highest BCUT2D eigenvalue weighted by atomic mass is 35.5. The summed E-state index contributed by atoms with van der Waals surface area (Å²) >= 11 is 19.5. The Morgan fingerprint density at radius 3 is 2.53 bits per heavy atom. The van der Waals surface area contributed by atoms with Crippen LogP contribution in [-0.4, -0.2) is 31.8 Å². The molecular weight excluding hydrogens is 547 g/mol. The molecule has 0 aliphatic heterocycles. The van der Waals surface area contributed by atoms with Crippen LogP contribution in [0.2, 0.25) is 15.1 Å². The van der Waals surface area contributed by atoms with E-state index in [-0.39, 0.29) is 12.4 Å². The van der Waals surface area contributed by atoms with Crippen molar-refractivity contribution in [2.24, 2.45) is 5.10 Å². The number of fused-ring (bicyclic) bond motifs is 1. The second-order valence-electron chi connectivity index (χ2n) is 7.20. The van der Waals surface area contributed by atoms with Crippen LogP contribution in [0.25, 0.3) is 10.1 Å². The third-order valence-electron chi connectivity index (χ3n) is 4.77. The van der Waals surface area contributed by atoms with Crippen molar-refractivity contribution in [2.75, 3.05) is 13.7 Å². The van der Waals surface area contributed by atoms with E-state index in [4.69, 9.17) is 49.0 Å². The lowest BCUT2D eigenvalue weighted by Gasteiger charge is -2.09. The average Bonchev–Trinajstić information content (AvgIpc) is 3.21. The number of nitrogens with one attached hydrogen (secondary N) is 1. The molecule has 0 radical (unpaired) electrons. The van der Waals surface area contributed by atoms with Gasteiger partial charge in [-0.25, -0.2) is 10.2 Å². The van der Waals surface area contributed by atoms with Gasteiger partial charge in [0.1, 0.15) is 10.6 Å². The first-order valence-electron chi connectivity index (χ1n) is 10.3. The molecule has 0 aliphatic rings. The van der Waals surface area contributed by atoms with Crippen LogP contribution in [0.15, 0.2) is 65.8 Å². The number of carbonyl (C=O) groups is 2. The van der Waals surface area contributed by atoms with Gasteiger partial charge in [0.15, 0.2) is 18.1 Å². The molecule has 4 rings (SSSR count). The van der Waals surface area contributed by atoms with Crippen LogP contribution in [0.3, 0.4) is 0 Å². The van der Waals surface area contributed by atoms with Crippen molar-refractivity contribution < 1.29 is 23.8 Å². The minimum Gasteiger partial charge on any atom is -0.493 e. The van der Waals surface area contributed by atoms with E-state index in [0.717, 1.165) is 10.1 Å². The predicted octanol–water partition coefficient (Wildman–Crippen LogP) is 6.62. The number of esters is 1. The number of hydrogen-bond donors (Lipinski definition) is 1. The van der Waals surface area contributed by atoms with Crippen molar-refractivity contribution in [2.45, 2.75) is 0 Å². The number of benzene rings is 3. The van der Waals surface area contributed by atoms with E-state index in [1.54, 1.807) is 30.3 Å². The van der Waals surface area contributed by atoms with Gasteiger partial charge >= 0.3 is 5.97 Å². The molecule has 4 aromatic rings. The van der Waals surface area contributed by atoms with E-state index >= 15 is 0 Å². The molecule has 0 saturated heterocycles. The van der Waals surface area contributed by atoms with Gasteiger partial charge in [-0.2, -0.15) is 5.10 Å². The lowest BCUT2D eigenvalue weighted by atomic mass is 10.2. The molecule has 0 saturated carbocycles. The summed E-state index contributed by atoms with van der Waals surface area (Å²) in [6, 6.07) is 17.0. The minimum atomic E-state index is -0.589. The van der Waals surface area contributed by atoms with Gasteiger partial charge in [0.05, 0.1) is 23.4 Å². The number of carbonyl (C=O) groups excluding carboxylic acids is 2. The number of hydrogen-bond acceptors (Lipinski definition) is 7. The number of ether oxygens (including phenoxy) is 3. The summed E-state index contributed by atoms with van der Waals surface area (Å²) in [4.78, 5) is 25.1. The van der Waals surface area contributed by atoms with E-state index in [9.17, 15) is 9.59 Å². The Kier molecular flexibility index (Phi) is 8.32. The van der Waals surface area contributed by atoms with Gasteiger partial charge in [0, 0.05) is 15.1 Å². The van der Waals surface area contributed by atoms with Crippen molar-refractivity contribution in [1.29, 1.82) is 0 Å². The average molecular weight is 564 g/mol. The summed E-state index contributed by atoms with van der Waals surface area (Å²) < 4.78 is 17.1. The monoisotopic (exact) mass is 562 g/mol. The topological polar surface area (TPSA) is 86.2 Å². The summed E-state index contributed by atoms with van der Waals surface area (Å²) in [5, 5.41) is 5.79. The zero-order valence-electron chi connectivity index (χ0n) is 18.6. The van der Waals surface area contributed by atoms with Crippen LogP contribution in [0, 0.1) is 0 Å². The summed E-state index contributed by atoms with van der Waals surface area (Å²) in [7, 11) is 1.45. The van der Waals surface area contributed by atoms with E-state index in [0.29, 0.717) is 37.0 Å². The molecule has 0 spiro atoms. The van der Waals surface area contributed by atoms with Crippen molar-refractivity contribution >= 4 is 74.3 Å². The summed E-state index contributed by atoms with van der Waals surface area (Å²) in [5.74, 6) is -0.238. The highest BCUT2D eigenvalue weighted by molar-refractivity contribution is 7.21. The van der Waals surface area contributed by atoms with E-state index in [1.165, 1.54) is 30.7 Å². The number of hydrazone groups is 1. The standard InChI is InChI=1S/C25H17Cl3N2O5S/c1-33-20-10-14(12-29-30-22(31)13-34-18-9-7-15(26)11-17(18)27)6-8-19(20)35-25(32)24-23(28)16-4-2-3-5-21(16)36-24/h2-12H,13H2,1H3,(H,30,31)/b29-12+. The van der Waals surface area contributed by atoms with Crippen LogP contribution in [0.1, 0.15) is 15.2 Å². The summed E-state index contributed by atoms with van der Waals surface area (Å²) in [5.41, 5.74) is 2.95. The number of halogens is 3. The molecule has 36 heavy (non-hydrogen) atoms. The summed E-state index contributed by atoms with van der Waals surface area (Å²) in [6.07, 6.45) is 1.41. The molecule has 0 fully saturated rings. The molecular formula is C25H17Cl3N2O5S. The number of rotatable bonds is 8. The van der Waals surface area contributed by atoms with Gasteiger partial charge in [-0.05, 0) is 48.0 Å². The third-order valence-corrected chi connectivity index (χ3v) is 6.95. The molecule has 0 bridgehead atoms. The number of nitrogens with zero attached hydrogens (tertiary/aromatic N) is 1. The SMILES string of the molecule is COc1cc(/C=N/NC(=O)COc2ccc(Cl)cc2Cl)ccc1OC(=O)c1sc2ccccc2c1Cl. The molecule has 0 aliphatic carbocycles. The van der Waals surface area contributed by atoms with E-state index < -0.39 is 11.9 Å². The quantitative estimate of drug-likeness (QED) is 0.113. The first kappa shape index (κ1) is 25.8. The molecule has 1 heterocycles. The maximum Gasteiger partial charge on any atom is 0.355 e. The fourth-order valence-electron chi connectivity index (χ4n) is 3.09. The Labute approximate surface area is 225 Å². The second kappa shape index (κ2) is 11.6. The fraction of sp³-hybridized carbons (Fsp3) is 0.0800. The molecule has 1 amide bonds. The first-order valence-corrected chi connectivity index (χ1v) is 12.3. The number of amides is 1. The van der Waals surface area contributed by atoms with Crippen molar-refractivity contribution in [3.63, 3.8) is 0 Å². The first-order chi connectivity index (χ1) is 17.4. The van der Waals surface area contributed by atoms with Crippen molar-refractivity contribution in [3.8, 4) is 17.2 Å². The van der Waals surface area contributed by atoms with Gasteiger partial charge in [-0.3, -0.25) is 4.79 Å². The van der Waals surface area contributed by atoms with Crippen LogP contribution in [0.4, 0.5) is 0 Å². The van der Waals surface area contributed by atoms with Gasteiger partial charge < -0.3 is 14.2 Å². The fourth-order valence-corrected chi connectivity index (χ4v) is 4.93. The Morgan fingerprint density at radius 2 is 1.78 bits per heavy atom. The zero-order valence-corrected chi connectivity index (χ0v) is 21.7. The van der Waals surface area contributed by atoms with Crippen molar-refractivity contribution in [1.82, 2.24) is 5.43 Å². The van der Waals surface area contributed by atoms with Gasteiger partial charge in [0.2, 0.25) is 0 Å². The maximum atomic E-state index is 12.8. The Hall–Kier alpha value is -3.30. The van der Waals surface area contributed by atoms with Crippen LogP contribution < -0.4 is 19.6 Å². The lowest BCUT2D eigenvalue weighted by molar-refractivity contribution is -0.123. The highest BCUT2D eigenvalue weighted by Crippen LogP contribution is 2.37. The molecule has 7 nitrogen and oxygen atoms in total. The molecule has 11 heteroatoms.